The first-order valence-corrected chi connectivity index (χ1v) is 8.52. The maximum Gasteiger partial charge on any atom is 0.264 e. The average molecular weight is 319 g/mol. The van der Waals surface area contributed by atoms with Gasteiger partial charge in [-0.25, -0.2) is 23.1 Å². The van der Waals surface area contributed by atoms with Gasteiger partial charge in [-0.3, -0.25) is 0 Å². The summed E-state index contributed by atoms with van der Waals surface area (Å²) in [7, 11) is -3.73. The number of nitrogens with zero attached hydrogens (tertiary/aromatic N) is 2. The van der Waals surface area contributed by atoms with Crippen molar-refractivity contribution in [3.63, 3.8) is 0 Å². The second-order valence-electron chi connectivity index (χ2n) is 5.67. The SMILES string of the molecule is Cc1cc(C)nc(NS(=O)(=O)c2c(C)c(C)cc(C)c2C)n1. The summed E-state index contributed by atoms with van der Waals surface area (Å²) in [4.78, 5) is 8.61. The monoisotopic (exact) mass is 319 g/mol. The maximum absolute atomic E-state index is 12.8. The Morgan fingerprint density at radius 1 is 0.818 bits per heavy atom. The lowest BCUT2D eigenvalue weighted by Gasteiger charge is -2.16. The van der Waals surface area contributed by atoms with Gasteiger partial charge in [-0.15, -0.1) is 0 Å². The molecule has 0 bridgehead atoms. The predicted molar refractivity (Wildman–Crippen MR) is 87.7 cm³/mol. The lowest BCUT2D eigenvalue weighted by Crippen LogP contribution is -2.19. The summed E-state index contributed by atoms with van der Waals surface area (Å²) in [5, 5.41) is 0. The van der Waals surface area contributed by atoms with Crippen molar-refractivity contribution < 1.29 is 8.42 Å². The fourth-order valence-corrected chi connectivity index (χ4v) is 4.09. The molecule has 22 heavy (non-hydrogen) atoms. The molecule has 0 fully saturated rings. The molecule has 5 nitrogen and oxygen atoms in total. The Balaban J connectivity index is 2.56. The molecule has 1 aromatic heterocycles. The molecule has 1 N–H and O–H groups in total. The summed E-state index contributed by atoms with van der Waals surface area (Å²) in [6.07, 6.45) is 0. The summed E-state index contributed by atoms with van der Waals surface area (Å²) in [6.45, 7) is 11.1. The lowest BCUT2D eigenvalue weighted by molar-refractivity contribution is 0.599. The quantitative estimate of drug-likeness (QED) is 0.943. The molecule has 0 aliphatic carbocycles. The average Bonchev–Trinajstić information content (AvgIpc) is 2.34. The van der Waals surface area contributed by atoms with E-state index in [9.17, 15) is 8.42 Å². The molecule has 0 atom stereocenters. The van der Waals surface area contributed by atoms with Crippen LogP contribution < -0.4 is 4.72 Å². The van der Waals surface area contributed by atoms with Gasteiger partial charge >= 0.3 is 0 Å². The molecule has 2 rings (SSSR count). The van der Waals surface area contributed by atoms with E-state index in [1.807, 2.05) is 33.8 Å². The normalized spacial score (nSPS) is 11.5. The van der Waals surface area contributed by atoms with Gasteiger partial charge in [-0.1, -0.05) is 6.07 Å². The van der Waals surface area contributed by atoms with Crippen LogP contribution in [0.3, 0.4) is 0 Å². The highest BCUT2D eigenvalue weighted by Crippen LogP contribution is 2.27. The minimum atomic E-state index is -3.73. The van der Waals surface area contributed by atoms with Crippen molar-refractivity contribution in [1.82, 2.24) is 9.97 Å². The van der Waals surface area contributed by atoms with Gasteiger partial charge in [-0.2, -0.15) is 0 Å². The van der Waals surface area contributed by atoms with E-state index in [1.165, 1.54) is 0 Å². The van der Waals surface area contributed by atoms with Crippen LogP contribution in [0.1, 0.15) is 33.6 Å². The molecule has 118 valence electrons. The molecule has 6 heteroatoms. The Bertz CT molecular complexity index is 796. The smallest absolute Gasteiger partial charge is 0.247 e. The molecular weight excluding hydrogens is 298 g/mol. The lowest BCUT2D eigenvalue weighted by atomic mass is 10.0. The minimum absolute atomic E-state index is 0.107. The Morgan fingerprint density at radius 3 is 1.73 bits per heavy atom. The zero-order chi connectivity index (χ0) is 16.7. The van der Waals surface area contributed by atoms with Gasteiger partial charge in [-0.05, 0) is 69.9 Å². The fourth-order valence-electron chi connectivity index (χ4n) is 2.53. The molecule has 0 amide bonds. The number of anilines is 1. The second-order valence-corrected chi connectivity index (χ2v) is 7.29. The van der Waals surface area contributed by atoms with Crippen LogP contribution in [0.15, 0.2) is 17.0 Å². The first kappa shape index (κ1) is 16.4. The van der Waals surface area contributed by atoms with Gasteiger partial charge in [0.25, 0.3) is 10.0 Å². The Kier molecular flexibility index (Phi) is 4.24. The standard InChI is InChI=1S/C16H21N3O2S/c1-9-7-10(2)14(6)15(13(9)5)22(20,21)19-16-17-11(3)8-12(4)18-16/h7-8H,1-6H3,(H,17,18,19). The van der Waals surface area contributed by atoms with Crippen molar-refractivity contribution in [2.24, 2.45) is 0 Å². The molecule has 2 aromatic rings. The number of nitrogens with one attached hydrogen (secondary N) is 1. The fraction of sp³-hybridized carbons (Fsp3) is 0.375. The molecule has 1 heterocycles. The topological polar surface area (TPSA) is 72.0 Å². The van der Waals surface area contributed by atoms with Crippen LogP contribution in [-0.4, -0.2) is 18.4 Å². The maximum atomic E-state index is 12.8. The Morgan fingerprint density at radius 2 is 1.27 bits per heavy atom. The summed E-state index contributed by atoms with van der Waals surface area (Å²) in [5.74, 6) is 0.107. The van der Waals surface area contributed by atoms with Crippen LogP contribution in [0, 0.1) is 41.5 Å². The number of rotatable bonds is 3. The molecule has 0 saturated heterocycles. The van der Waals surface area contributed by atoms with E-state index in [1.54, 1.807) is 19.9 Å². The predicted octanol–water partition coefficient (Wildman–Crippen LogP) is 3.13. The van der Waals surface area contributed by atoms with E-state index in [-0.39, 0.29) is 5.95 Å². The third kappa shape index (κ3) is 3.11. The van der Waals surface area contributed by atoms with Gasteiger partial charge in [0.2, 0.25) is 5.95 Å². The van der Waals surface area contributed by atoms with Crippen molar-refractivity contribution in [2.45, 2.75) is 46.4 Å². The zero-order valence-corrected chi connectivity index (χ0v) is 14.6. The van der Waals surface area contributed by atoms with Crippen molar-refractivity contribution in [3.8, 4) is 0 Å². The van der Waals surface area contributed by atoms with Crippen LogP contribution in [0.4, 0.5) is 5.95 Å². The highest BCUT2D eigenvalue weighted by Gasteiger charge is 2.23. The summed E-state index contributed by atoms with van der Waals surface area (Å²) >= 11 is 0. The number of benzene rings is 1. The molecule has 0 aliphatic rings. The second kappa shape index (κ2) is 5.68. The van der Waals surface area contributed by atoms with E-state index in [0.29, 0.717) is 4.90 Å². The Hall–Kier alpha value is -1.95. The molecular formula is C16H21N3O2S. The van der Waals surface area contributed by atoms with Gasteiger partial charge in [0.15, 0.2) is 0 Å². The van der Waals surface area contributed by atoms with Gasteiger partial charge in [0, 0.05) is 11.4 Å². The van der Waals surface area contributed by atoms with Gasteiger partial charge in [0.05, 0.1) is 4.90 Å². The number of aromatic nitrogens is 2. The van der Waals surface area contributed by atoms with Gasteiger partial charge in [0.1, 0.15) is 0 Å². The van der Waals surface area contributed by atoms with Crippen LogP contribution in [0.5, 0.6) is 0 Å². The number of sulfonamides is 1. The van der Waals surface area contributed by atoms with Crippen molar-refractivity contribution in [3.05, 3.63) is 45.8 Å². The number of hydrogen-bond acceptors (Lipinski definition) is 4. The van der Waals surface area contributed by atoms with E-state index in [2.05, 4.69) is 14.7 Å². The minimum Gasteiger partial charge on any atom is -0.247 e. The van der Waals surface area contributed by atoms with E-state index in [0.717, 1.165) is 33.6 Å². The zero-order valence-electron chi connectivity index (χ0n) is 13.8. The highest BCUT2D eigenvalue weighted by molar-refractivity contribution is 7.92. The molecule has 0 radical (unpaired) electrons. The van der Waals surface area contributed by atoms with E-state index >= 15 is 0 Å². The summed E-state index contributed by atoms with van der Waals surface area (Å²) in [6, 6.07) is 3.79. The van der Waals surface area contributed by atoms with Crippen LogP contribution >= 0.6 is 0 Å². The summed E-state index contributed by atoms with van der Waals surface area (Å²) < 4.78 is 28.1. The van der Waals surface area contributed by atoms with E-state index < -0.39 is 10.0 Å². The third-order valence-corrected chi connectivity index (χ3v) is 5.38. The van der Waals surface area contributed by atoms with Crippen molar-refractivity contribution in [1.29, 1.82) is 0 Å². The first-order valence-electron chi connectivity index (χ1n) is 7.04. The first-order chi connectivity index (χ1) is 10.1. The highest BCUT2D eigenvalue weighted by atomic mass is 32.2. The van der Waals surface area contributed by atoms with Crippen molar-refractivity contribution in [2.75, 3.05) is 4.72 Å². The molecule has 0 aliphatic heterocycles. The number of hydrogen-bond donors (Lipinski definition) is 1. The van der Waals surface area contributed by atoms with Crippen LogP contribution in [0.2, 0.25) is 0 Å². The molecule has 0 spiro atoms. The van der Waals surface area contributed by atoms with Crippen molar-refractivity contribution >= 4 is 16.0 Å². The van der Waals surface area contributed by atoms with E-state index in [4.69, 9.17) is 0 Å². The summed E-state index contributed by atoms with van der Waals surface area (Å²) in [5.41, 5.74) is 4.84. The van der Waals surface area contributed by atoms with Crippen LogP contribution in [-0.2, 0) is 10.0 Å². The van der Waals surface area contributed by atoms with Gasteiger partial charge < -0.3 is 0 Å². The molecule has 0 saturated carbocycles. The van der Waals surface area contributed by atoms with Crippen LogP contribution in [0.25, 0.3) is 0 Å². The number of aryl methyl sites for hydroxylation is 4. The molecule has 1 aromatic carbocycles. The Labute approximate surface area is 131 Å². The molecule has 0 unspecified atom stereocenters. The largest absolute Gasteiger partial charge is 0.264 e. The third-order valence-electron chi connectivity index (χ3n) is 3.77.